The number of halogens is 3. The van der Waals surface area contributed by atoms with Crippen LogP contribution in [-0.2, 0) is 6.42 Å². The lowest BCUT2D eigenvalue weighted by atomic mass is 10.0. The number of hydrogen-bond donors (Lipinski definition) is 1. The highest BCUT2D eigenvalue weighted by molar-refractivity contribution is 9.10. The minimum absolute atomic E-state index is 0.0940. The van der Waals surface area contributed by atoms with Crippen LogP contribution in [0.3, 0.4) is 0 Å². The Hall–Kier alpha value is -1.27. The second kappa shape index (κ2) is 5.79. The molecule has 2 rings (SSSR count). The quantitative estimate of drug-likeness (QED) is 0.936. The molecule has 3 nitrogen and oxygen atoms in total. The monoisotopic (exact) mass is 329 g/mol. The highest BCUT2D eigenvalue weighted by Gasteiger charge is 2.15. The van der Waals surface area contributed by atoms with Crippen LogP contribution in [-0.4, -0.2) is 15.8 Å². The summed E-state index contributed by atoms with van der Waals surface area (Å²) in [6.07, 6.45) is 4.18. The van der Waals surface area contributed by atoms with Crippen molar-refractivity contribution in [1.82, 2.24) is 9.78 Å². The summed E-state index contributed by atoms with van der Waals surface area (Å²) in [5.41, 5.74) is 6.16. The molecular formula is C13H14BrF2N3. The molecule has 0 saturated carbocycles. The first-order valence-electron chi connectivity index (χ1n) is 5.95. The van der Waals surface area contributed by atoms with Crippen molar-refractivity contribution in [2.45, 2.75) is 25.8 Å². The molecule has 2 N–H and O–H groups in total. The highest BCUT2D eigenvalue weighted by Crippen LogP contribution is 2.21. The van der Waals surface area contributed by atoms with Gasteiger partial charge in [-0.15, -0.1) is 0 Å². The molecule has 0 fully saturated rings. The Morgan fingerprint density at radius 3 is 2.47 bits per heavy atom. The SMILES string of the molecule is CCC(N)Cc1cc(F)c(-n2cc(Br)cn2)c(F)c1. The van der Waals surface area contributed by atoms with Gasteiger partial charge in [-0.2, -0.15) is 5.10 Å². The zero-order chi connectivity index (χ0) is 14.0. The van der Waals surface area contributed by atoms with Crippen LogP contribution < -0.4 is 5.73 Å². The Labute approximate surface area is 118 Å². The van der Waals surface area contributed by atoms with Crippen LogP contribution >= 0.6 is 15.9 Å². The molecule has 6 heteroatoms. The summed E-state index contributed by atoms with van der Waals surface area (Å²) in [5.74, 6) is -1.29. The second-order valence-electron chi connectivity index (χ2n) is 4.38. The van der Waals surface area contributed by atoms with Crippen LogP contribution in [0, 0.1) is 11.6 Å². The van der Waals surface area contributed by atoms with Gasteiger partial charge in [0.05, 0.1) is 10.7 Å². The van der Waals surface area contributed by atoms with Gasteiger partial charge in [-0.25, -0.2) is 13.5 Å². The zero-order valence-corrected chi connectivity index (χ0v) is 12.0. The van der Waals surface area contributed by atoms with Crippen molar-refractivity contribution in [3.05, 3.63) is 46.2 Å². The van der Waals surface area contributed by atoms with Crippen molar-refractivity contribution in [2.24, 2.45) is 5.73 Å². The second-order valence-corrected chi connectivity index (χ2v) is 5.30. The maximum atomic E-state index is 14.0. The van der Waals surface area contributed by atoms with Crippen molar-refractivity contribution >= 4 is 15.9 Å². The third kappa shape index (κ3) is 3.19. The minimum atomic E-state index is -0.645. The molecule has 0 aliphatic carbocycles. The molecule has 1 atom stereocenters. The molecule has 0 spiro atoms. The third-order valence-electron chi connectivity index (χ3n) is 2.88. The van der Waals surface area contributed by atoms with E-state index in [2.05, 4.69) is 21.0 Å². The van der Waals surface area contributed by atoms with E-state index >= 15 is 0 Å². The van der Waals surface area contributed by atoms with Gasteiger partial charge in [0.15, 0.2) is 11.6 Å². The van der Waals surface area contributed by atoms with Gasteiger partial charge in [-0.1, -0.05) is 6.92 Å². The number of nitrogens with zero attached hydrogens (tertiary/aromatic N) is 2. The van der Waals surface area contributed by atoms with Crippen LogP contribution in [0.15, 0.2) is 29.0 Å². The number of rotatable bonds is 4. The summed E-state index contributed by atoms with van der Waals surface area (Å²) < 4.78 is 29.8. The van der Waals surface area contributed by atoms with E-state index in [0.717, 1.165) is 11.1 Å². The van der Waals surface area contributed by atoms with Crippen LogP contribution in [0.1, 0.15) is 18.9 Å². The molecule has 1 heterocycles. The Morgan fingerprint density at radius 1 is 1.37 bits per heavy atom. The lowest BCUT2D eigenvalue weighted by Gasteiger charge is -2.11. The standard InChI is InChI=1S/C13H14BrF2N3/c1-2-10(17)3-8-4-11(15)13(12(16)5-8)19-7-9(14)6-18-19/h4-7,10H,2-3,17H2,1H3. The predicted octanol–water partition coefficient (Wildman–Crippen LogP) is 3.19. The normalized spacial score (nSPS) is 12.7. The topological polar surface area (TPSA) is 43.8 Å². The Balaban J connectivity index is 2.37. The first kappa shape index (κ1) is 14.1. The van der Waals surface area contributed by atoms with E-state index in [4.69, 9.17) is 5.73 Å². The van der Waals surface area contributed by atoms with E-state index in [0.29, 0.717) is 16.5 Å². The summed E-state index contributed by atoms with van der Waals surface area (Å²) in [7, 11) is 0. The summed E-state index contributed by atoms with van der Waals surface area (Å²) >= 11 is 3.19. The van der Waals surface area contributed by atoms with Gasteiger partial charge >= 0.3 is 0 Å². The maximum absolute atomic E-state index is 14.0. The Morgan fingerprint density at radius 2 is 2.00 bits per heavy atom. The molecule has 0 saturated heterocycles. The molecule has 0 aliphatic heterocycles. The average Bonchev–Trinajstić information content (AvgIpc) is 2.74. The molecule has 0 radical (unpaired) electrons. The first-order chi connectivity index (χ1) is 9.01. The Kier molecular flexibility index (Phi) is 4.31. The predicted molar refractivity (Wildman–Crippen MR) is 73.2 cm³/mol. The molecule has 1 unspecified atom stereocenters. The summed E-state index contributed by atoms with van der Waals surface area (Å²) in [4.78, 5) is 0. The fourth-order valence-electron chi connectivity index (χ4n) is 1.82. The fourth-order valence-corrected chi connectivity index (χ4v) is 2.11. The van der Waals surface area contributed by atoms with Crippen LogP contribution in [0.2, 0.25) is 0 Å². The minimum Gasteiger partial charge on any atom is -0.327 e. The fraction of sp³-hybridized carbons (Fsp3) is 0.308. The van der Waals surface area contributed by atoms with E-state index in [1.807, 2.05) is 6.92 Å². The smallest absolute Gasteiger partial charge is 0.152 e. The van der Waals surface area contributed by atoms with Crippen molar-refractivity contribution in [2.75, 3.05) is 0 Å². The molecule has 0 amide bonds. The zero-order valence-electron chi connectivity index (χ0n) is 10.4. The van der Waals surface area contributed by atoms with Gasteiger partial charge in [-0.05, 0) is 46.5 Å². The van der Waals surface area contributed by atoms with Crippen molar-refractivity contribution < 1.29 is 8.78 Å². The molecular weight excluding hydrogens is 316 g/mol. The van der Waals surface area contributed by atoms with Crippen LogP contribution in [0.25, 0.3) is 5.69 Å². The number of benzene rings is 1. The van der Waals surface area contributed by atoms with Crippen molar-refractivity contribution in [1.29, 1.82) is 0 Å². The largest absolute Gasteiger partial charge is 0.327 e. The number of hydrogen-bond acceptors (Lipinski definition) is 2. The van der Waals surface area contributed by atoms with Gasteiger partial charge in [0.25, 0.3) is 0 Å². The van der Waals surface area contributed by atoms with E-state index in [-0.39, 0.29) is 11.7 Å². The van der Waals surface area contributed by atoms with Gasteiger partial charge < -0.3 is 5.73 Å². The molecule has 0 aliphatic rings. The van der Waals surface area contributed by atoms with Crippen LogP contribution in [0.5, 0.6) is 0 Å². The lowest BCUT2D eigenvalue weighted by Crippen LogP contribution is -2.21. The first-order valence-corrected chi connectivity index (χ1v) is 6.74. The van der Waals surface area contributed by atoms with E-state index in [1.54, 1.807) is 0 Å². The molecule has 1 aromatic carbocycles. The molecule has 102 valence electrons. The molecule has 2 aromatic rings. The van der Waals surface area contributed by atoms with E-state index in [9.17, 15) is 8.78 Å². The van der Waals surface area contributed by atoms with E-state index < -0.39 is 11.6 Å². The summed E-state index contributed by atoms with van der Waals surface area (Å²) in [6, 6.07) is 2.52. The van der Waals surface area contributed by atoms with Gasteiger partial charge in [0.2, 0.25) is 0 Å². The van der Waals surface area contributed by atoms with Crippen molar-refractivity contribution in [3.63, 3.8) is 0 Å². The van der Waals surface area contributed by atoms with Crippen LogP contribution in [0.4, 0.5) is 8.78 Å². The summed E-state index contributed by atoms with van der Waals surface area (Å²) in [6.45, 7) is 1.94. The van der Waals surface area contributed by atoms with Gasteiger partial charge in [0, 0.05) is 12.2 Å². The third-order valence-corrected chi connectivity index (χ3v) is 3.29. The molecule has 19 heavy (non-hydrogen) atoms. The highest BCUT2D eigenvalue weighted by atomic mass is 79.9. The molecule has 0 bridgehead atoms. The van der Waals surface area contributed by atoms with Gasteiger partial charge in [0.1, 0.15) is 5.69 Å². The number of nitrogens with two attached hydrogens (primary N) is 1. The van der Waals surface area contributed by atoms with E-state index in [1.165, 1.54) is 24.5 Å². The average molecular weight is 330 g/mol. The number of aromatic nitrogens is 2. The Bertz CT molecular complexity index is 560. The van der Waals surface area contributed by atoms with Crippen molar-refractivity contribution in [3.8, 4) is 5.69 Å². The van der Waals surface area contributed by atoms with Gasteiger partial charge in [-0.3, -0.25) is 0 Å². The maximum Gasteiger partial charge on any atom is 0.152 e. The lowest BCUT2D eigenvalue weighted by molar-refractivity contribution is 0.552. The summed E-state index contributed by atoms with van der Waals surface area (Å²) in [5, 5.41) is 3.88. The molecule has 1 aromatic heterocycles.